The van der Waals surface area contributed by atoms with Gasteiger partial charge in [0.2, 0.25) is 136 Å². The SMILES string of the molecule is CCC(C)C(NC(=O)C(C)(C)NC(=O)C(CCC(N)=O)NC(=O)C(C)(C)NC(=O)C(C)(C)NC(=O)C(C)NC(=O)C(C)(C)NC(=O)C1CCCN1C(=O)C(C)(C)NC(C)=O)C(=O)NC(C)(C)C(=O)NCC(=O)NC(C)(C)C(=O)NC(C)(C)C(=O)N1CCCC1C(=O)NC(C(=O)NC(C)(C)C(=O)NC(C)(C)C(=O)NC(CCC(N)=O)C(=O)NC(CCC(N)=O)C(=O)NC(CO)CC(C)C)C(C)C. The minimum atomic E-state index is -1.92. The number of carbonyl (C=O) groups excluding carboxylic acids is 23. The number of rotatable bonds is 52. The molecule has 23 amide bonds. The van der Waals surface area contributed by atoms with Gasteiger partial charge in [-0.2, -0.15) is 0 Å². The van der Waals surface area contributed by atoms with Gasteiger partial charge in [-0.05, 0) is 215 Å². The fourth-order valence-electron chi connectivity index (χ4n) is 14.3. The molecule has 0 aliphatic carbocycles. The Bertz CT molecular complexity index is 4480. The molecular weight excluding hydrogens is 1780 g/mol. The summed E-state index contributed by atoms with van der Waals surface area (Å²) in [6.45, 7) is 38.3. The summed E-state index contributed by atoms with van der Waals surface area (Å²) < 4.78 is 0. The number of aliphatic hydroxyl groups is 1. The van der Waals surface area contributed by atoms with E-state index in [4.69, 9.17) is 17.2 Å². The van der Waals surface area contributed by atoms with E-state index in [0.29, 0.717) is 19.3 Å². The normalized spacial score (nSPS) is 16.3. The average molecular weight is 1930 g/mol. The van der Waals surface area contributed by atoms with Crippen LogP contribution in [0.3, 0.4) is 0 Å². The Balaban J connectivity index is 2.16. The Morgan fingerprint density at radius 2 is 0.691 bits per heavy atom. The molecule has 136 heavy (non-hydrogen) atoms. The first-order chi connectivity index (χ1) is 61.9. The van der Waals surface area contributed by atoms with Crippen LogP contribution < -0.4 is 113 Å². The molecule has 2 aliphatic rings. The molecule has 0 spiro atoms. The monoisotopic (exact) mass is 1930 g/mol. The van der Waals surface area contributed by atoms with Crippen LogP contribution in [0.2, 0.25) is 0 Å². The first kappa shape index (κ1) is 120. The molecule has 10 atom stereocenters. The number of hydrogen-bond acceptors (Lipinski definition) is 24. The van der Waals surface area contributed by atoms with Crippen LogP contribution in [0.15, 0.2) is 0 Å². The molecule has 0 saturated carbocycles. The zero-order valence-electron chi connectivity index (χ0n) is 84.2. The molecule has 0 aromatic carbocycles. The summed E-state index contributed by atoms with van der Waals surface area (Å²) in [5.74, 6) is -20.7. The number of likely N-dealkylation sites (tertiary alicyclic amines) is 2. The molecule has 0 radical (unpaired) electrons. The molecule has 47 heteroatoms. The van der Waals surface area contributed by atoms with Gasteiger partial charge in [-0.1, -0.05) is 48.0 Å². The minimum Gasteiger partial charge on any atom is -0.394 e. The molecule has 2 aliphatic heterocycles. The van der Waals surface area contributed by atoms with Crippen LogP contribution in [0.4, 0.5) is 0 Å². The van der Waals surface area contributed by atoms with Gasteiger partial charge >= 0.3 is 0 Å². The highest BCUT2D eigenvalue weighted by Gasteiger charge is 2.50. The highest BCUT2D eigenvalue weighted by Crippen LogP contribution is 2.27. The van der Waals surface area contributed by atoms with Gasteiger partial charge in [-0.25, -0.2) is 0 Å². The number of carbonyl (C=O) groups is 23. The smallest absolute Gasteiger partial charge is 0.248 e. The maximum atomic E-state index is 14.5. The Morgan fingerprint density at radius 3 is 1.10 bits per heavy atom. The lowest BCUT2D eigenvalue weighted by Crippen LogP contribution is -2.67. The zero-order chi connectivity index (χ0) is 105. The van der Waals surface area contributed by atoms with Crippen LogP contribution in [0.1, 0.15) is 271 Å². The van der Waals surface area contributed by atoms with Crippen molar-refractivity contribution in [1.82, 2.24) is 106 Å². The molecule has 47 nitrogen and oxygen atoms in total. The van der Waals surface area contributed by atoms with Crippen LogP contribution in [0.25, 0.3) is 0 Å². The summed E-state index contributed by atoms with van der Waals surface area (Å²) in [6, 6.07) is -11.5. The lowest BCUT2D eigenvalue weighted by atomic mass is 9.94. The van der Waals surface area contributed by atoms with Crippen molar-refractivity contribution in [2.75, 3.05) is 26.2 Å². The van der Waals surface area contributed by atoms with E-state index in [1.165, 1.54) is 162 Å². The van der Waals surface area contributed by atoms with Crippen LogP contribution in [-0.4, -0.2) is 287 Å². The maximum Gasteiger partial charge on any atom is 0.248 e. The molecule has 2 rings (SSSR count). The van der Waals surface area contributed by atoms with Crippen molar-refractivity contribution in [2.24, 2.45) is 35.0 Å². The second-order valence-corrected chi connectivity index (χ2v) is 41.2. The standard InChI is InChI=1S/C89H153N23O24/c1-29-47(6)61(100-74(131)82(13,14)104-65(122)53(36-39-58(92)117)98-73(130)84(17,18)108-76(133)86(21,22)103-62(119)48(7)94-71(128)81(11,12)105-67(124)55-33-31-41-112(55)78(135)88(25,26)101-49(8)114)69(126)107-80(9,10)70(127)93-43-59(118)102-85(19,20)75(132)110-89(27,28)79(136)111-40-30-32-54(111)66(123)99-60(46(4)5)68(125)106-87(23,24)77(134)109-83(15,16)72(129)97-52(35-38-57(91)116)64(121)96-51(34-37-56(90)115)63(120)95-50(44-113)42-45(2)3/h45-48,50-55,60-61,113H,29-44H2,1-28H3,(H2,90,115)(H2,91,116)(H2,92,117)(H,93,127)(H,94,128)(H,95,120)(H,96,121)(H,97,129)(H,98,130)(H,99,123)(H,100,131)(H,101,114)(H,102,118)(H,103,119)(H,104,122)(H,105,124)(H,106,125)(H,107,126)(H,108,133)(H,109,134)(H,110,132). The Morgan fingerprint density at radius 1 is 0.353 bits per heavy atom. The second-order valence-electron chi connectivity index (χ2n) is 41.2. The fourth-order valence-corrected chi connectivity index (χ4v) is 14.3. The predicted molar refractivity (Wildman–Crippen MR) is 496 cm³/mol. The first-order valence-corrected chi connectivity index (χ1v) is 45.6. The van der Waals surface area contributed by atoms with Crippen molar-refractivity contribution in [1.29, 1.82) is 0 Å². The van der Waals surface area contributed by atoms with Gasteiger partial charge in [0.05, 0.1) is 19.2 Å². The van der Waals surface area contributed by atoms with E-state index in [1.807, 2.05) is 13.8 Å². The Labute approximate surface area is 795 Å². The number of nitrogens with zero attached hydrogens (tertiary/aromatic N) is 2. The van der Waals surface area contributed by atoms with Gasteiger partial charge in [0, 0.05) is 39.3 Å². The molecule has 0 aromatic rings. The summed E-state index contributed by atoms with van der Waals surface area (Å²) in [7, 11) is 0. The molecule has 2 saturated heterocycles. The van der Waals surface area contributed by atoms with Gasteiger partial charge in [-0.15, -0.1) is 0 Å². The minimum absolute atomic E-state index is 0.0252. The topological polar surface area (TPSA) is 714 Å². The Kier molecular flexibility index (Phi) is 43.2. The second kappa shape index (κ2) is 49.0. The average Bonchev–Trinajstić information content (AvgIpc) is 1.60. The van der Waals surface area contributed by atoms with Gasteiger partial charge in [0.25, 0.3) is 0 Å². The molecule has 0 bridgehead atoms. The number of aliphatic hydroxyl groups excluding tert-OH is 1. The van der Waals surface area contributed by atoms with E-state index < -0.39 is 290 Å². The third-order valence-corrected chi connectivity index (χ3v) is 23.1. The molecular formula is C89H153N23O24. The lowest BCUT2D eigenvalue weighted by Gasteiger charge is -2.36. The summed E-state index contributed by atoms with van der Waals surface area (Å²) >= 11 is 0. The third kappa shape index (κ3) is 36.1. The van der Waals surface area contributed by atoms with Crippen molar-refractivity contribution < 1.29 is 115 Å². The van der Waals surface area contributed by atoms with Crippen LogP contribution in [-0.2, 0) is 110 Å². The number of primary amides is 3. The molecule has 10 unspecified atom stereocenters. The van der Waals surface area contributed by atoms with Crippen molar-refractivity contribution >= 4 is 136 Å². The summed E-state index contributed by atoms with van der Waals surface area (Å²) in [6.07, 6.45) is -0.570. The van der Waals surface area contributed by atoms with E-state index in [2.05, 4.69) is 95.7 Å². The summed E-state index contributed by atoms with van der Waals surface area (Å²) in [4.78, 5) is 315. The molecule has 2 fully saturated rings. The number of hydrogen-bond donors (Lipinski definition) is 22. The van der Waals surface area contributed by atoms with Crippen LogP contribution >= 0.6 is 0 Å². The highest BCUT2D eigenvalue weighted by atomic mass is 16.3. The molecule has 0 aromatic heterocycles. The van der Waals surface area contributed by atoms with Crippen molar-refractivity contribution in [3.05, 3.63) is 0 Å². The van der Waals surface area contributed by atoms with E-state index in [9.17, 15) is 115 Å². The predicted octanol–water partition coefficient (Wildman–Crippen LogP) is -5.00. The quantitative estimate of drug-likeness (QED) is 0.0271. The molecule has 768 valence electrons. The van der Waals surface area contributed by atoms with Gasteiger partial charge in [0.1, 0.15) is 104 Å². The van der Waals surface area contributed by atoms with Crippen LogP contribution in [0.5, 0.6) is 0 Å². The number of nitrogens with two attached hydrogens (primary N) is 3. The van der Waals surface area contributed by atoms with E-state index in [-0.39, 0.29) is 57.5 Å². The highest BCUT2D eigenvalue weighted by molar-refractivity contribution is 6.05. The van der Waals surface area contributed by atoms with Crippen molar-refractivity contribution in [2.45, 2.75) is 381 Å². The molecule has 2 heterocycles. The fraction of sp³-hybridized carbons (Fsp3) is 0.742. The number of nitrogens with one attached hydrogen (secondary N) is 18. The van der Waals surface area contributed by atoms with E-state index in [0.717, 1.165) is 0 Å². The summed E-state index contributed by atoms with van der Waals surface area (Å²) in [5, 5.41) is 55.8. The van der Waals surface area contributed by atoms with Crippen molar-refractivity contribution in [3.63, 3.8) is 0 Å². The van der Waals surface area contributed by atoms with Crippen LogP contribution in [0, 0.1) is 17.8 Å². The van der Waals surface area contributed by atoms with E-state index >= 15 is 0 Å². The van der Waals surface area contributed by atoms with Gasteiger partial charge in [0.15, 0.2) is 0 Å². The van der Waals surface area contributed by atoms with Gasteiger partial charge in [-0.3, -0.25) is 110 Å². The first-order valence-electron chi connectivity index (χ1n) is 45.6. The number of amides is 23. The zero-order valence-corrected chi connectivity index (χ0v) is 84.2. The van der Waals surface area contributed by atoms with Crippen molar-refractivity contribution in [3.8, 4) is 0 Å². The Hall–Kier alpha value is -12.2. The summed E-state index contributed by atoms with van der Waals surface area (Å²) in [5.41, 5.74) is -1.53. The lowest BCUT2D eigenvalue weighted by molar-refractivity contribution is -0.146. The van der Waals surface area contributed by atoms with Gasteiger partial charge < -0.3 is 128 Å². The molecule has 25 N–H and O–H groups in total. The largest absolute Gasteiger partial charge is 0.394 e. The van der Waals surface area contributed by atoms with E-state index in [1.54, 1.807) is 27.7 Å². The third-order valence-electron chi connectivity index (χ3n) is 23.1. The maximum absolute atomic E-state index is 14.5.